The maximum Gasteiger partial charge on any atom is 0.0541 e. The van der Waals surface area contributed by atoms with Gasteiger partial charge in [0.05, 0.1) is 11.0 Å². The summed E-state index contributed by atoms with van der Waals surface area (Å²) in [5.74, 6) is 0. The topological polar surface area (TPSA) is 8.17 Å². The van der Waals surface area contributed by atoms with Crippen LogP contribution in [0.4, 0.5) is 17.1 Å². The Bertz CT molecular complexity index is 3420. The maximum atomic E-state index is 2.47. The Morgan fingerprint density at radius 3 is 1.18 bits per heavy atom. The highest BCUT2D eigenvalue weighted by atomic mass is 15.1. The quantitative estimate of drug-likeness (QED) is 0.148. The summed E-state index contributed by atoms with van der Waals surface area (Å²) in [5.41, 5.74) is 21.7. The lowest BCUT2D eigenvalue weighted by Crippen LogP contribution is -2.17. The third-order valence-electron chi connectivity index (χ3n) is 13.6. The number of aromatic nitrogens is 1. The van der Waals surface area contributed by atoms with Crippen LogP contribution in [0.5, 0.6) is 0 Å². The van der Waals surface area contributed by atoms with E-state index in [1.165, 1.54) is 94.3 Å². The number of hydrogen-bond donors (Lipinski definition) is 0. The summed E-state index contributed by atoms with van der Waals surface area (Å²) in [6.45, 7) is 4.78. The van der Waals surface area contributed by atoms with Crippen molar-refractivity contribution >= 4 is 38.9 Å². The lowest BCUT2D eigenvalue weighted by Gasteiger charge is -2.28. The van der Waals surface area contributed by atoms with E-state index < -0.39 is 0 Å². The molecule has 2 nitrogen and oxygen atoms in total. The van der Waals surface area contributed by atoms with E-state index in [1.807, 2.05) is 0 Å². The molecule has 0 unspecified atom stereocenters. The highest BCUT2D eigenvalue weighted by molar-refractivity contribution is 6.11. The molecule has 10 aromatic carbocycles. The first-order chi connectivity index (χ1) is 32.0. The number of hydrogen-bond acceptors (Lipinski definition) is 1. The zero-order chi connectivity index (χ0) is 43.5. The molecule has 1 aliphatic rings. The zero-order valence-electron chi connectivity index (χ0n) is 36.5. The second-order valence-electron chi connectivity index (χ2n) is 17.8. The van der Waals surface area contributed by atoms with Gasteiger partial charge in [0.1, 0.15) is 0 Å². The van der Waals surface area contributed by atoms with Crippen molar-refractivity contribution in [3.8, 4) is 61.3 Å². The predicted octanol–water partition coefficient (Wildman–Crippen LogP) is 17.2. The van der Waals surface area contributed by atoms with E-state index in [-0.39, 0.29) is 5.41 Å². The largest absolute Gasteiger partial charge is 0.310 e. The summed E-state index contributed by atoms with van der Waals surface area (Å²) in [5, 5.41) is 2.50. The lowest BCUT2D eigenvalue weighted by atomic mass is 9.82. The van der Waals surface area contributed by atoms with Crippen LogP contribution in [0.25, 0.3) is 83.1 Å². The summed E-state index contributed by atoms with van der Waals surface area (Å²) < 4.78 is 2.47. The fourth-order valence-electron chi connectivity index (χ4n) is 10.2. The Kier molecular flexibility index (Phi) is 9.21. The molecular formula is C63H46N2. The van der Waals surface area contributed by atoms with Crippen molar-refractivity contribution in [2.24, 2.45) is 0 Å². The monoisotopic (exact) mass is 830 g/mol. The van der Waals surface area contributed by atoms with Gasteiger partial charge in [-0.25, -0.2) is 0 Å². The number of para-hydroxylation sites is 1. The molecule has 11 aromatic rings. The number of nitrogens with zero attached hydrogens (tertiary/aromatic N) is 2. The Balaban J connectivity index is 0.924. The third-order valence-corrected chi connectivity index (χ3v) is 13.6. The van der Waals surface area contributed by atoms with Crippen molar-refractivity contribution in [2.45, 2.75) is 19.3 Å². The van der Waals surface area contributed by atoms with Crippen LogP contribution in [0.3, 0.4) is 0 Å². The highest BCUT2D eigenvalue weighted by Crippen LogP contribution is 2.52. The van der Waals surface area contributed by atoms with Crippen LogP contribution >= 0.6 is 0 Å². The Hall–Kier alpha value is -8.20. The summed E-state index contributed by atoms with van der Waals surface area (Å²) >= 11 is 0. The molecule has 0 saturated heterocycles. The smallest absolute Gasteiger partial charge is 0.0541 e. The fourth-order valence-corrected chi connectivity index (χ4v) is 10.2. The van der Waals surface area contributed by atoms with Crippen molar-refractivity contribution < 1.29 is 0 Å². The van der Waals surface area contributed by atoms with Gasteiger partial charge in [-0.05, 0) is 140 Å². The minimum Gasteiger partial charge on any atom is -0.310 e. The molecule has 0 spiro atoms. The van der Waals surface area contributed by atoms with Crippen molar-refractivity contribution in [2.75, 3.05) is 4.90 Å². The molecule has 12 rings (SSSR count). The van der Waals surface area contributed by atoms with Crippen LogP contribution in [0.1, 0.15) is 25.0 Å². The molecule has 0 amide bonds. The molecule has 0 aliphatic heterocycles. The van der Waals surface area contributed by atoms with E-state index in [0.29, 0.717) is 0 Å². The normalized spacial score (nSPS) is 12.6. The van der Waals surface area contributed by atoms with Crippen LogP contribution in [-0.4, -0.2) is 4.57 Å². The summed E-state index contributed by atoms with van der Waals surface area (Å²) in [7, 11) is 0. The predicted molar refractivity (Wildman–Crippen MR) is 275 cm³/mol. The molecule has 308 valence electrons. The van der Waals surface area contributed by atoms with Gasteiger partial charge in [-0.2, -0.15) is 0 Å². The molecule has 0 saturated carbocycles. The number of rotatable bonds is 8. The van der Waals surface area contributed by atoms with Crippen molar-refractivity contribution in [1.29, 1.82) is 0 Å². The molecule has 0 fully saturated rings. The minimum absolute atomic E-state index is 0.242. The summed E-state index contributed by atoms with van der Waals surface area (Å²) in [4.78, 5) is 2.39. The SMILES string of the molecule is CC1(C)c2cc(N(c3ccccc3)c3ccc(-c4ccc(-c5ccccc5)cc4)cc3)ccc2-c2ccc(-n3c4ccc(-c5ccccc5)cc4c4cc(-c5ccccc5)ccc43)cc21. The Labute approximate surface area is 381 Å². The van der Waals surface area contributed by atoms with E-state index in [4.69, 9.17) is 0 Å². The molecule has 0 N–H and O–H groups in total. The summed E-state index contributed by atoms with van der Waals surface area (Å²) in [6.07, 6.45) is 0. The Morgan fingerprint density at radius 1 is 0.308 bits per heavy atom. The number of benzene rings is 10. The van der Waals surface area contributed by atoms with E-state index in [1.54, 1.807) is 0 Å². The van der Waals surface area contributed by atoms with Gasteiger partial charge >= 0.3 is 0 Å². The van der Waals surface area contributed by atoms with Gasteiger partial charge in [-0.3, -0.25) is 0 Å². The maximum absolute atomic E-state index is 2.47. The molecular weight excluding hydrogens is 785 g/mol. The molecule has 2 heteroatoms. The second kappa shape index (κ2) is 15.6. The van der Waals surface area contributed by atoms with Gasteiger partial charge in [-0.1, -0.05) is 184 Å². The molecule has 0 atom stereocenters. The molecule has 0 radical (unpaired) electrons. The van der Waals surface area contributed by atoms with Crippen LogP contribution in [0, 0.1) is 0 Å². The van der Waals surface area contributed by atoms with Crippen molar-refractivity contribution in [3.05, 3.63) is 254 Å². The highest BCUT2D eigenvalue weighted by Gasteiger charge is 2.36. The van der Waals surface area contributed by atoms with E-state index in [0.717, 1.165) is 17.1 Å². The van der Waals surface area contributed by atoms with E-state index >= 15 is 0 Å². The molecule has 1 aliphatic carbocycles. The Morgan fingerprint density at radius 2 is 0.677 bits per heavy atom. The standard InChI is InChI=1S/C63H46N2/c1-63(2)59-41-53(64(51-21-13-6-14-22-51)52-31-27-48(28-32-52)47-25-23-46(24-26-47)43-15-7-3-8-16-43)33-35-55(59)56-36-34-54(42-60(56)63)65-61-37-29-49(44-17-9-4-10-18-44)39-57(61)58-40-50(30-38-62(58)65)45-19-11-5-12-20-45/h3-42H,1-2H3. The number of fused-ring (bicyclic) bond motifs is 6. The minimum atomic E-state index is -0.242. The van der Waals surface area contributed by atoms with Gasteiger partial charge in [-0.15, -0.1) is 0 Å². The van der Waals surface area contributed by atoms with Gasteiger partial charge in [0.25, 0.3) is 0 Å². The average molecular weight is 831 g/mol. The fraction of sp³-hybridized carbons (Fsp3) is 0.0476. The first-order valence-electron chi connectivity index (χ1n) is 22.6. The van der Waals surface area contributed by atoms with E-state index in [9.17, 15) is 0 Å². The van der Waals surface area contributed by atoms with Gasteiger partial charge in [0, 0.05) is 38.9 Å². The van der Waals surface area contributed by atoms with Crippen molar-refractivity contribution in [1.82, 2.24) is 4.57 Å². The average Bonchev–Trinajstić information content (AvgIpc) is 3.82. The van der Waals surface area contributed by atoms with E-state index in [2.05, 4.69) is 266 Å². The van der Waals surface area contributed by atoms with Crippen LogP contribution < -0.4 is 4.90 Å². The third kappa shape index (κ3) is 6.65. The van der Waals surface area contributed by atoms with Gasteiger partial charge in [0.15, 0.2) is 0 Å². The van der Waals surface area contributed by atoms with Crippen LogP contribution in [0.2, 0.25) is 0 Å². The zero-order valence-corrected chi connectivity index (χ0v) is 36.5. The summed E-state index contributed by atoms with van der Waals surface area (Å²) in [6, 6.07) is 88.7. The van der Waals surface area contributed by atoms with Crippen LogP contribution in [-0.2, 0) is 5.41 Å². The second-order valence-corrected chi connectivity index (χ2v) is 17.8. The van der Waals surface area contributed by atoms with Crippen molar-refractivity contribution in [3.63, 3.8) is 0 Å². The molecule has 65 heavy (non-hydrogen) atoms. The number of anilines is 3. The lowest BCUT2D eigenvalue weighted by molar-refractivity contribution is 0.660. The molecule has 0 bridgehead atoms. The van der Waals surface area contributed by atoms with Gasteiger partial charge in [0.2, 0.25) is 0 Å². The molecule has 1 aromatic heterocycles. The molecule has 1 heterocycles. The first kappa shape index (κ1) is 38.5. The van der Waals surface area contributed by atoms with Crippen LogP contribution in [0.15, 0.2) is 243 Å². The van der Waals surface area contributed by atoms with Gasteiger partial charge < -0.3 is 9.47 Å². The first-order valence-corrected chi connectivity index (χ1v) is 22.6.